The summed E-state index contributed by atoms with van der Waals surface area (Å²) in [7, 11) is 6.59. The molecular formula is C14H21NO4. The van der Waals surface area contributed by atoms with Gasteiger partial charge in [0.25, 0.3) is 0 Å². The summed E-state index contributed by atoms with van der Waals surface area (Å²) in [6.45, 7) is 0.768. The molecule has 0 aliphatic rings. The lowest BCUT2D eigenvalue weighted by molar-refractivity contribution is -0.140. The molecule has 0 amide bonds. The predicted molar refractivity (Wildman–Crippen MR) is 74.1 cm³/mol. The number of benzene rings is 1. The van der Waals surface area contributed by atoms with Crippen molar-refractivity contribution in [2.45, 2.75) is 12.8 Å². The van der Waals surface area contributed by atoms with Crippen molar-refractivity contribution >= 4 is 11.7 Å². The fourth-order valence-electron chi connectivity index (χ4n) is 1.75. The molecule has 0 bridgehead atoms. The molecule has 5 nitrogen and oxygen atoms in total. The Hall–Kier alpha value is -1.91. The molecule has 106 valence electrons. The highest BCUT2D eigenvalue weighted by molar-refractivity contribution is 5.69. The summed E-state index contributed by atoms with van der Waals surface area (Å²) >= 11 is 0. The van der Waals surface area contributed by atoms with Crippen molar-refractivity contribution in [2.24, 2.45) is 0 Å². The molecule has 1 aromatic rings. The van der Waals surface area contributed by atoms with Crippen molar-refractivity contribution in [3.05, 3.63) is 18.2 Å². The lowest BCUT2D eigenvalue weighted by Crippen LogP contribution is -2.19. The molecule has 5 heteroatoms. The summed E-state index contributed by atoms with van der Waals surface area (Å²) in [5, 5.41) is 0. The molecule has 0 aliphatic carbocycles. The van der Waals surface area contributed by atoms with E-state index < -0.39 is 0 Å². The van der Waals surface area contributed by atoms with Gasteiger partial charge in [0.05, 0.1) is 21.3 Å². The van der Waals surface area contributed by atoms with Crippen LogP contribution in [0.15, 0.2) is 18.2 Å². The minimum absolute atomic E-state index is 0.180. The molecule has 0 fully saturated rings. The summed E-state index contributed by atoms with van der Waals surface area (Å²) < 4.78 is 15.1. The van der Waals surface area contributed by atoms with Crippen molar-refractivity contribution in [1.82, 2.24) is 0 Å². The third-order valence-corrected chi connectivity index (χ3v) is 2.91. The number of rotatable bonds is 7. The number of ether oxygens (including phenoxy) is 3. The van der Waals surface area contributed by atoms with Crippen molar-refractivity contribution in [3.8, 4) is 11.5 Å². The summed E-state index contributed by atoms with van der Waals surface area (Å²) in [5.74, 6) is 1.22. The normalized spacial score (nSPS) is 9.89. The number of carbonyl (C=O) groups is 1. The van der Waals surface area contributed by atoms with Gasteiger partial charge in [-0.2, -0.15) is 0 Å². The van der Waals surface area contributed by atoms with Gasteiger partial charge < -0.3 is 19.1 Å². The Labute approximate surface area is 114 Å². The van der Waals surface area contributed by atoms with E-state index in [2.05, 4.69) is 9.64 Å². The first-order valence-corrected chi connectivity index (χ1v) is 6.12. The monoisotopic (exact) mass is 267 g/mol. The van der Waals surface area contributed by atoms with Crippen molar-refractivity contribution in [1.29, 1.82) is 0 Å². The number of methoxy groups -OCH3 is 3. The number of nitrogens with zero attached hydrogens (tertiary/aromatic N) is 1. The minimum atomic E-state index is -0.180. The third-order valence-electron chi connectivity index (χ3n) is 2.91. The van der Waals surface area contributed by atoms with E-state index in [0.717, 1.165) is 18.7 Å². The average molecular weight is 267 g/mol. The van der Waals surface area contributed by atoms with Crippen LogP contribution in [0.1, 0.15) is 12.8 Å². The third kappa shape index (κ3) is 4.35. The first-order valence-electron chi connectivity index (χ1n) is 6.12. The highest BCUT2D eigenvalue weighted by Crippen LogP contribution is 2.31. The van der Waals surface area contributed by atoms with E-state index in [1.807, 2.05) is 25.2 Å². The molecule has 0 saturated carbocycles. The Bertz CT molecular complexity index is 420. The molecule has 19 heavy (non-hydrogen) atoms. The molecule has 0 aliphatic heterocycles. The Kier molecular flexibility index (Phi) is 5.99. The summed E-state index contributed by atoms with van der Waals surface area (Å²) in [6.07, 6.45) is 1.17. The lowest BCUT2D eigenvalue weighted by atomic mass is 10.2. The van der Waals surface area contributed by atoms with Crippen LogP contribution in [-0.2, 0) is 9.53 Å². The highest BCUT2D eigenvalue weighted by atomic mass is 16.5. The quantitative estimate of drug-likeness (QED) is 0.708. The molecule has 0 N–H and O–H groups in total. The van der Waals surface area contributed by atoms with Gasteiger partial charge in [0.1, 0.15) is 0 Å². The number of hydrogen-bond acceptors (Lipinski definition) is 5. The van der Waals surface area contributed by atoms with Crippen LogP contribution in [0.3, 0.4) is 0 Å². The number of anilines is 1. The first kappa shape index (κ1) is 15.1. The highest BCUT2D eigenvalue weighted by Gasteiger charge is 2.08. The van der Waals surface area contributed by atoms with E-state index in [-0.39, 0.29) is 5.97 Å². The van der Waals surface area contributed by atoms with Gasteiger partial charge in [0.15, 0.2) is 11.5 Å². The van der Waals surface area contributed by atoms with Gasteiger partial charge in [-0.25, -0.2) is 0 Å². The fraction of sp³-hybridized carbons (Fsp3) is 0.500. The standard InChI is InChI=1S/C14H21NO4/c1-15(9-5-6-14(16)19-4)11-7-8-12(17-2)13(10-11)18-3/h7-8,10H,5-6,9H2,1-4H3. The Morgan fingerprint density at radius 2 is 1.84 bits per heavy atom. The molecule has 0 aromatic heterocycles. The topological polar surface area (TPSA) is 48.0 Å². The zero-order chi connectivity index (χ0) is 14.3. The van der Waals surface area contributed by atoms with Gasteiger partial charge in [-0.15, -0.1) is 0 Å². The lowest BCUT2D eigenvalue weighted by Gasteiger charge is -2.20. The summed E-state index contributed by atoms with van der Waals surface area (Å²) in [6, 6.07) is 5.74. The van der Waals surface area contributed by atoms with Crippen LogP contribution in [0.5, 0.6) is 11.5 Å². The number of esters is 1. The molecule has 1 rings (SSSR count). The second-order valence-electron chi connectivity index (χ2n) is 4.14. The molecular weight excluding hydrogens is 246 g/mol. The Morgan fingerprint density at radius 1 is 1.16 bits per heavy atom. The second kappa shape index (κ2) is 7.51. The first-order chi connectivity index (χ1) is 9.12. The largest absolute Gasteiger partial charge is 0.493 e. The Balaban J connectivity index is 2.61. The van der Waals surface area contributed by atoms with Gasteiger partial charge in [0.2, 0.25) is 0 Å². The number of carbonyl (C=O) groups excluding carboxylic acids is 1. The second-order valence-corrected chi connectivity index (χ2v) is 4.14. The van der Waals surface area contributed by atoms with Gasteiger partial charge in [-0.05, 0) is 18.6 Å². The van der Waals surface area contributed by atoms with Gasteiger partial charge in [0, 0.05) is 31.8 Å². The smallest absolute Gasteiger partial charge is 0.305 e. The van der Waals surface area contributed by atoms with E-state index in [4.69, 9.17) is 9.47 Å². The average Bonchev–Trinajstić information content (AvgIpc) is 2.45. The maximum Gasteiger partial charge on any atom is 0.305 e. The molecule has 0 unspecified atom stereocenters. The zero-order valence-electron chi connectivity index (χ0n) is 11.9. The molecule has 0 heterocycles. The van der Waals surface area contributed by atoms with Gasteiger partial charge in [-0.3, -0.25) is 4.79 Å². The number of hydrogen-bond donors (Lipinski definition) is 0. The molecule has 0 atom stereocenters. The Morgan fingerprint density at radius 3 is 2.42 bits per heavy atom. The van der Waals surface area contributed by atoms with E-state index in [0.29, 0.717) is 17.9 Å². The zero-order valence-corrected chi connectivity index (χ0v) is 11.9. The van der Waals surface area contributed by atoms with Crippen LogP contribution in [-0.4, -0.2) is 40.9 Å². The van der Waals surface area contributed by atoms with E-state index >= 15 is 0 Å². The molecule has 0 spiro atoms. The van der Waals surface area contributed by atoms with E-state index in [1.54, 1.807) is 14.2 Å². The SMILES string of the molecule is COC(=O)CCCN(C)c1ccc(OC)c(OC)c1. The van der Waals surface area contributed by atoms with Crippen LogP contribution >= 0.6 is 0 Å². The fourth-order valence-corrected chi connectivity index (χ4v) is 1.75. The van der Waals surface area contributed by atoms with E-state index in [9.17, 15) is 4.79 Å². The minimum Gasteiger partial charge on any atom is -0.493 e. The van der Waals surface area contributed by atoms with Crippen LogP contribution in [0.25, 0.3) is 0 Å². The van der Waals surface area contributed by atoms with Crippen molar-refractivity contribution in [2.75, 3.05) is 39.8 Å². The predicted octanol–water partition coefficient (Wildman–Crippen LogP) is 2.09. The summed E-state index contributed by atoms with van der Waals surface area (Å²) in [4.78, 5) is 13.1. The van der Waals surface area contributed by atoms with Crippen LogP contribution in [0, 0.1) is 0 Å². The summed E-state index contributed by atoms with van der Waals surface area (Å²) in [5.41, 5.74) is 1.02. The molecule has 1 aromatic carbocycles. The van der Waals surface area contributed by atoms with Crippen LogP contribution in [0.4, 0.5) is 5.69 Å². The molecule has 0 saturated heterocycles. The van der Waals surface area contributed by atoms with E-state index in [1.165, 1.54) is 7.11 Å². The van der Waals surface area contributed by atoms with Crippen molar-refractivity contribution < 1.29 is 19.0 Å². The maximum absolute atomic E-state index is 11.0. The van der Waals surface area contributed by atoms with Crippen LogP contribution < -0.4 is 14.4 Å². The van der Waals surface area contributed by atoms with Crippen molar-refractivity contribution in [3.63, 3.8) is 0 Å². The maximum atomic E-state index is 11.0. The molecule has 0 radical (unpaired) electrons. The van der Waals surface area contributed by atoms with Gasteiger partial charge in [-0.1, -0.05) is 0 Å². The van der Waals surface area contributed by atoms with Gasteiger partial charge >= 0.3 is 5.97 Å². The van der Waals surface area contributed by atoms with Crippen LogP contribution in [0.2, 0.25) is 0 Å².